The monoisotopic (exact) mass is 794 g/mol. The Morgan fingerprint density at radius 2 is 1.70 bits per heavy atom. The maximum Gasteiger partial charge on any atom is 0.408 e. The summed E-state index contributed by atoms with van der Waals surface area (Å²) in [5.41, 5.74) is 4.75. The predicted molar refractivity (Wildman–Crippen MR) is 210 cm³/mol. The number of methoxy groups -OCH3 is 1. The molecule has 1 saturated heterocycles. The van der Waals surface area contributed by atoms with Gasteiger partial charge in [0.05, 0.1) is 42.1 Å². The number of likely N-dealkylation sites (N-methyl/N-ethyl adjacent to an activating group) is 1. The number of benzene rings is 2. The molecule has 0 spiro atoms. The second-order valence-electron chi connectivity index (χ2n) is 15.8. The number of ether oxygens (including phenoxy) is 1. The Kier molecular flexibility index (Phi) is 10.6. The average molecular weight is 795 g/mol. The van der Waals surface area contributed by atoms with Crippen LogP contribution < -0.4 is 9.46 Å². The summed E-state index contributed by atoms with van der Waals surface area (Å²) in [4.78, 5) is 31.8. The number of rotatable bonds is 8. The van der Waals surface area contributed by atoms with Gasteiger partial charge in [0.2, 0.25) is 10.0 Å². The number of hydrogen-bond donors (Lipinski definition) is 1. The minimum Gasteiger partial charge on any atom is -0.497 e. The number of halogens is 3. The molecule has 2 unspecified atom stereocenters. The van der Waals surface area contributed by atoms with Crippen molar-refractivity contribution in [3.05, 3.63) is 70.5 Å². The van der Waals surface area contributed by atoms with Crippen molar-refractivity contribution in [3.63, 3.8) is 0 Å². The summed E-state index contributed by atoms with van der Waals surface area (Å²) in [6.45, 7) is 6.41. The van der Waals surface area contributed by atoms with Crippen LogP contribution in [0.5, 0.6) is 5.75 Å². The predicted octanol–water partition coefficient (Wildman–Crippen LogP) is 7.31. The van der Waals surface area contributed by atoms with Crippen LogP contribution in [0.3, 0.4) is 0 Å². The third-order valence-electron chi connectivity index (χ3n) is 11.8. The summed E-state index contributed by atoms with van der Waals surface area (Å²) < 4.78 is 79.0. The van der Waals surface area contributed by atoms with Crippen molar-refractivity contribution in [2.45, 2.75) is 102 Å². The molecule has 11 nitrogen and oxygen atoms in total. The molecule has 1 N–H and O–H groups in total. The van der Waals surface area contributed by atoms with Crippen molar-refractivity contribution < 1.29 is 35.9 Å². The molecule has 2 atom stereocenters. The highest BCUT2D eigenvalue weighted by Gasteiger charge is 2.37. The zero-order valence-electron chi connectivity index (χ0n) is 32.6. The number of carbonyl (C=O) groups excluding carboxylic acids is 2. The topological polar surface area (TPSA) is 119 Å². The smallest absolute Gasteiger partial charge is 0.408 e. The highest BCUT2D eigenvalue weighted by molar-refractivity contribution is 7.90. The largest absolute Gasteiger partial charge is 0.497 e. The lowest BCUT2D eigenvalue weighted by Gasteiger charge is -2.42. The summed E-state index contributed by atoms with van der Waals surface area (Å²) >= 11 is 0. The van der Waals surface area contributed by atoms with Crippen LogP contribution in [0.15, 0.2) is 42.6 Å². The number of nitrogens with one attached hydrogen (secondary N) is 1. The maximum atomic E-state index is 14.4. The number of hydrogen-bond acceptors (Lipinski definition) is 7. The fraction of sp³-hybridized carbons (Fsp3) is 0.488. The first kappa shape index (κ1) is 39.6. The Labute approximate surface area is 325 Å². The molecule has 1 saturated carbocycles. The van der Waals surface area contributed by atoms with Gasteiger partial charge in [0.25, 0.3) is 11.8 Å². The molecule has 300 valence electrons. The first-order valence-electron chi connectivity index (χ1n) is 19.2. The molecule has 1 aliphatic carbocycles. The van der Waals surface area contributed by atoms with E-state index < -0.39 is 39.8 Å². The maximum absolute atomic E-state index is 14.4. The molecule has 15 heteroatoms. The lowest BCUT2D eigenvalue weighted by atomic mass is 9.81. The van der Waals surface area contributed by atoms with E-state index in [9.17, 15) is 31.2 Å². The number of alkyl halides is 3. The number of sulfonamides is 1. The van der Waals surface area contributed by atoms with E-state index >= 15 is 0 Å². The first-order chi connectivity index (χ1) is 26.5. The van der Waals surface area contributed by atoms with Gasteiger partial charge in [-0.15, -0.1) is 0 Å². The van der Waals surface area contributed by atoms with Gasteiger partial charge in [-0.05, 0) is 107 Å². The lowest BCUT2D eigenvalue weighted by molar-refractivity contribution is -0.142. The van der Waals surface area contributed by atoms with Crippen molar-refractivity contribution in [3.8, 4) is 17.0 Å². The highest BCUT2D eigenvalue weighted by atomic mass is 32.2. The fourth-order valence-corrected chi connectivity index (χ4v) is 9.16. The van der Waals surface area contributed by atoms with Crippen LogP contribution in [0, 0.1) is 0 Å². The Hall–Kier alpha value is -4.63. The van der Waals surface area contributed by atoms with Crippen LogP contribution >= 0.6 is 0 Å². The minimum absolute atomic E-state index is 0.0294. The fourth-order valence-electron chi connectivity index (χ4n) is 8.54. The molecule has 7 rings (SSSR count). The number of carbonyl (C=O) groups is 2. The Balaban J connectivity index is 1.47. The molecule has 2 amide bonds. The van der Waals surface area contributed by atoms with Crippen LogP contribution in [-0.4, -0.2) is 95.1 Å². The van der Waals surface area contributed by atoms with Gasteiger partial charge in [-0.25, -0.2) is 13.1 Å². The molecule has 2 aromatic heterocycles. The molecule has 56 heavy (non-hydrogen) atoms. The standard InChI is InChI=1S/C41H49F3N6O5S/c1-24(2)56(53,54)46-39(51)28-12-14-33-35(18-28)49-22-30(16-29-17-31(55-6)13-15-32(29)38(49)36(33)27-10-8-7-9-11-27)37-34(19-45-50(37)23-41(42,43)44)40(52)48-20-25(3)47(5)26(4)21-48/h12-19,24-27H,7-11,20-23H2,1-6H3,(H,46,51). The summed E-state index contributed by atoms with van der Waals surface area (Å²) in [5, 5.41) is 4.24. The number of allylic oxidation sites excluding steroid dienone is 1. The van der Waals surface area contributed by atoms with E-state index in [1.165, 1.54) is 20.0 Å². The van der Waals surface area contributed by atoms with Crippen molar-refractivity contribution in [2.24, 2.45) is 0 Å². The van der Waals surface area contributed by atoms with Crippen molar-refractivity contribution >= 4 is 44.4 Å². The molecule has 4 aromatic rings. The van der Waals surface area contributed by atoms with Crippen LogP contribution in [0.2, 0.25) is 0 Å². The van der Waals surface area contributed by atoms with Gasteiger partial charge < -0.3 is 14.2 Å². The Morgan fingerprint density at radius 3 is 2.34 bits per heavy atom. The molecular weight excluding hydrogens is 746 g/mol. The summed E-state index contributed by atoms with van der Waals surface area (Å²) in [6, 6.07) is 10.8. The normalized spacial score (nSPS) is 19.8. The van der Waals surface area contributed by atoms with Crippen LogP contribution in [0.1, 0.15) is 103 Å². The minimum atomic E-state index is -4.64. The number of amides is 2. The van der Waals surface area contributed by atoms with Gasteiger partial charge in [0.15, 0.2) is 0 Å². The quantitative estimate of drug-likeness (QED) is 0.199. The molecule has 2 aliphatic heterocycles. The van der Waals surface area contributed by atoms with Gasteiger partial charge in [-0.1, -0.05) is 25.3 Å². The van der Waals surface area contributed by atoms with Crippen molar-refractivity contribution in [2.75, 3.05) is 27.2 Å². The molecule has 2 aromatic carbocycles. The van der Waals surface area contributed by atoms with E-state index in [0.29, 0.717) is 35.5 Å². The number of piperazine rings is 1. The molecule has 0 bridgehead atoms. The van der Waals surface area contributed by atoms with Gasteiger partial charge in [0, 0.05) is 47.2 Å². The molecular formula is C41H49F3N6O5S. The second kappa shape index (κ2) is 15.0. The zero-order chi connectivity index (χ0) is 40.3. The van der Waals surface area contributed by atoms with E-state index in [0.717, 1.165) is 59.0 Å². The third kappa shape index (κ3) is 7.47. The van der Waals surface area contributed by atoms with Gasteiger partial charge in [0.1, 0.15) is 12.3 Å². The highest BCUT2D eigenvalue weighted by Crippen LogP contribution is 2.48. The van der Waals surface area contributed by atoms with E-state index in [-0.39, 0.29) is 41.4 Å². The van der Waals surface area contributed by atoms with Crippen molar-refractivity contribution in [1.82, 2.24) is 28.9 Å². The first-order valence-corrected chi connectivity index (χ1v) is 20.8. The van der Waals surface area contributed by atoms with Gasteiger partial charge in [-0.2, -0.15) is 18.3 Å². The van der Waals surface area contributed by atoms with E-state index in [1.807, 2.05) is 55.8 Å². The number of aromatic nitrogens is 3. The van der Waals surface area contributed by atoms with E-state index in [2.05, 4.69) is 14.7 Å². The lowest BCUT2D eigenvalue weighted by Crippen LogP contribution is -2.56. The zero-order valence-corrected chi connectivity index (χ0v) is 33.4. The van der Waals surface area contributed by atoms with Crippen molar-refractivity contribution in [1.29, 1.82) is 0 Å². The average Bonchev–Trinajstić information content (AvgIpc) is 3.65. The van der Waals surface area contributed by atoms with Gasteiger partial charge >= 0.3 is 6.18 Å². The molecule has 3 aliphatic rings. The third-order valence-corrected chi connectivity index (χ3v) is 13.5. The summed E-state index contributed by atoms with van der Waals surface area (Å²) in [7, 11) is -0.399. The van der Waals surface area contributed by atoms with Crippen LogP contribution in [-0.2, 0) is 23.1 Å². The number of fused-ring (bicyclic) bond motifs is 5. The molecule has 0 radical (unpaired) electrons. The molecule has 2 fully saturated rings. The summed E-state index contributed by atoms with van der Waals surface area (Å²) in [5.74, 6) is -0.471. The Morgan fingerprint density at radius 1 is 1.00 bits per heavy atom. The van der Waals surface area contributed by atoms with Crippen LogP contribution in [0.25, 0.3) is 33.8 Å². The van der Waals surface area contributed by atoms with Crippen LogP contribution in [0.4, 0.5) is 13.2 Å². The van der Waals surface area contributed by atoms with E-state index in [1.54, 1.807) is 24.1 Å². The van der Waals surface area contributed by atoms with E-state index in [4.69, 9.17) is 4.74 Å². The summed E-state index contributed by atoms with van der Waals surface area (Å²) in [6.07, 6.45) is 3.49. The van der Waals surface area contributed by atoms with Gasteiger partial charge in [-0.3, -0.25) is 19.2 Å². The molecule has 4 heterocycles. The number of nitrogens with zero attached hydrogens (tertiary/aromatic N) is 5. The second-order valence-corrected chi connectivity index (χ2v) is 18.1. The Bertz CT molecular complexity index is 2310. The SMILES string of the molecule is COc1ccc2c(c1)C=C(c1c(C(=O)N3CC(C)N(C)C(C)C3)cnn1CC(F)(F)F)Cn1c-2c(C2CCCCC2)c2ccc(C(=O)NS(=O)(=O)C(C)C)cc21.